The first-order valence-corrected chi connectivity index (χ1v) is 7.25. The number of urea groups is 1. The van der Waals surface area contributed by atoms with Crippen LogP contribution in [0.25, 0.3) is 0 Å². The van der Waals surface area contributed by atoms with Gasteiger partial charge in [-0.25, -0.2) is 4.79 Å². The number of hydrogen-bond donors (Lipinski definition) is 2. The molecule has 0 bridgehead atoms. The van der Waals surface area contributed by atoms with Crippen LogP contribution in [-0.2, 0) is 0 Å². The summed E-state index contributed by atoms with van der Waals surface area (Å²) in [5.41, 5.74) is 1.10. The van der Waals surface area contributed by atoms with Crippen LogP contribution in [0, 0.1) is 5.92 Å². The molecular formula is C16H26N2O2. The number of methoxy groups -OCH3 is 1. The van der Waals surface area contributed by atoms with Gasteiger partial charge in [0.1, 0.15) is 5.75 Å². The van der Waals surface area contributed by atoms with Crippen molar-refractivity contribution in [2.45, 2.75) is 39.7 Å². The lowest BCUT2D eigenvalue weighted by atomic mass is 9.97. The van der Waals surface area contributed by atoms with Crippen LogP contribution in [0.1, 0.15) is 45.2 Å². The molecule has 0 saturated heterocycles. The minimum absolute atomic E-state index is 0.0257. The molecule has 1 atom stereocenters. The van der Waals surface area contributed by atoms with Crippen LogP contribution >= 0.6 is 0 Å². The second-order valence-electron chi connectivity index (χ2n) is 5.36. The van der Waals surface area contributed by atoms with Gasteiger partial charge in [0.2, 0.25) is 0 Å². The minimum atomic E-state index is -0.103. The van der Waals surface area contributed by atoms with Gasteiger partial charge in [-0.3, -0.25) is 0 Å². The van der Waals surface area contributed by atoms with Gasteiger partial charge in [-0.05, 0) is 36.5 Å². The minimum Gasteiger partial charge on any atom is -0.497 e. The SMILES string of the molecule is CCCNC(=O)NC(CC(C)C)c1ccc(OC)cc1. The molecule has 0 aliphatic heterocycles. The molecule has 4 heteroatoms. The van der Waals surface area contributed by atoms with E-state index in [9.17, 15) is 4.79 Å². The maximum absolute atomic E-state index is 11.8. The van der Waals surface area contributed by atoms with E-state index in [2.05, 4.69) is 24.5 Å². The highest BCUT2D eigenvalue weighted by atomic mass is 16.5. The zero-order chi connectivity index (χ0) is 15.0. The van der Waals surface area contributed by atoms with Crippen LogP contribution in [-0.4, -0.2) is 19.7 Å². The summed E-state index contributed by atoms with van der Waals surface area (Å²) in [6.45, 7) is 7.04. The van der Waals surface area contributed by atoms with E-state index in [0.717, 1.165) is 24.2 Å². The van der Waals surface area contributed by atoms with Crippen molar-refractivity contribution in [2.24, 2.45) is 5.92 Å². The highest BCUT2D eigenvalue weighted by Crippen LogP contribution is 2.23. The van der Waals surface area contributed by atoms with E-state index >= 15 is 0 Å². The third-order valence-electron chi connectivity index (χ3n) is 3.07. The molecule has 0 saturated carbocycles. The Morgan fingerprint density at radius 2 is 1.90 bits per heavy atom. The molecule has 0 aliphatic carbocycles. The Kier molecular flexibility index (Phi) is 6.91. The number of ether oxygens (including phenoxy) is 1. The normalized spacial score (nSPS) is 12.1. The lowest BCUT2D eigenvalue weighted by Crippen LogP contribution is -2.38. The predicted molar refractivity (Wildman–Crippen MR) is 82.0 cm³/mol. The molecule has 0 heterocycles. The molecule has 1 aromatic rings. The summed E-state index contributed by atoms with van der Waals surface area (Å²) in [4.78, 5) is 11.8. The van der Waals surface area contributed by atoms with Crippen molar-refractivity contribution in [1.29, 1.82) is 0 Å². The van der Waals surface area contributed by atoms with Crippen molar-refractivity contribution in [3.8, 4) is 5.75 Å². The summed E-state index contributed by atoms with van der Waals surface area (Å²) in [6, 6.07) is 7.78. The monoisotopic (exact) mass is 278 g/mol. The summed E-state index contributed by atoms with van der Waals surface area (Å²) in [7, 11) is 1.65. The second-order valence-corrected chi connectivity index (χ2v) is 5.36. The third kappa shape index (κ3) is 5.51. The van der Waals surface area contributed by atoms with E-state index in [4.69, 9.17) is 4.74 Å². The molecule has 0 aliphatic rings. The van der Waals surface area contributed by atoms with Gasteiger partial charge >= 0.3 is 6.03 Å². The van der Waals surface area contributed by atoms with E-state index in [-0.39, 0.29) is 12.1 Å². The second kappa shape index (κ2) is 8.46. The molecular weight excluding hydrogens is 252 g/mol. The Hall–Kier alpha value is -1.71. The van der Waals surface area contributed by atoms with Crippen LogP contribution in [0.3, 0.4) is 0 Å². The highest BCUT2D eigenvalue weighted by molar-refractivity contribution is 5.74. The van der Waals surface area contributed by atoms with Crippen molar-refractivity contribution in [3.63, 3.8) is 0 Å². The predicted octanol–water partition coefficient (Wildman–Crippen LogP) is 3.49. The summed E-state index contributed by atoms with van der Waals surface area (Å²) < 4.78 is 5.16. The molecule has 4 nitrogen and oxygen atoms in total. The van der Waals surface area contributed by atoms with E-state index in [0.29, 0.717) is 12.5 Å². The maximum Gasteiger partial charge on any atom is 0.315 e. The van der Waals surface area contributed by atoms with Crippen molar-refractivity contribution in [3.05, 3.63) is 29.8 Å². The standard InChI is InChI=1S/C16H26N2O2/c1-5-10-17-16(19)18-15(11-12(2)3)13-6-8-14(20-4)9-7-13/h6-9,12,15H,5,10-11H2,1-4H3,(H2,17,18,19). The lowest BCUT2D eigenvalue weighted by molar-refractivity contribution is 0.235. The lowest BCUT2D eigenvalue weighted by Gasteiger charge is -2.21. The van der Waals surface area contributed by atoms with Crippen molar-refractivity contribution >= 4 is 6.03 Å². The molecule has 2 N–H and O–H groups in total. The average Bonchev–Trinajstić information content (AvgIpc) is 2.44. The summed E-state index contributed by atoms with van der Waals surface area (Å²) in [5.74, 6) is 1.33. The van der Waals surface area contributed by atoms with E-state index in [1.807, 2.05) is 31.2 Å². The summed E-state index contributed by atoms with van der Waals surface area (Å²) in [6.07, 6.45) is 1.84. The van der Waals surface area contributed by atoms with Crippen LogP contribution in [0.5, 0.6) is 5.75 Å². The molecule has 2 amide bonds. The number of carbonyl (C=O) groups excluding carboxylic acids is 1. The van der Waals surface area contributed by atoms with E-state index < -0.39 is 0 Å². The fourth-order valence-corrected chi connectivity index (χ4v) is 2.03. The molecule has 1 rings (SSSR count). The number of rotatable bonds is 7. The third-order valence-corrected chi connectivity index (χ3v) is 3.07. The Morgan fingerprint density at radius 1 is 1.25 bits per heavy atom. The van der Waals surface area contributed by atoms with Gasteiger partial charge in [0.05, 0.1) is 13.2 Å². The molecule has 1 unspecified atom stereocenters. The topological polar surface area (TPSA) is 50.4 Å². The molecule has 0 aromatic heterocycles. The number of carbonyl (C=O) groups is 1. The summed E-state index contributed by atoms with van der Waals surface area (Å²) >= 11 is 0. The Balaban J connectivity index is 2.74. The largest absolute Gasteiger partial charge is 0.497 e. The van der Waals surface area contributed by atoms with Gasteiger partial charge < -0.3 is 15.4 Å². The van der Waals surface area contributed by atoms with Gasteiger partial charge in [-0.1, -0.05) is 32.9 Å². The first-order valence-electron chi connectivity index (χ1n) is 7.25. The van der Waals surface area contributed by atoms with Crippen molar-refractivity contribution in [2.75, 3.05) is 13.7 Å². The van der Waals surface area contributed by atoms with Gasteiger partial charge in [-0.2, -0.15) is 0 Å². The highest BCUT2D eigenvalue weighted by Gasteiger charge is 2.15. The Morgan fingerprint density at radius 3 is 2.40 bits per heavy atom. The molecule has 0 fully saturated rings. The van der Waals surface area contributed by atoms with E-state index in [1.54, 1.807) is 7.11 Å². The van der Waals surface area contributed by atoms with Gasteiger partial charge in [0, 0.05) is 6.54 Å². The summed E-state index contributed by atoms with van der Waals surface area (Å²) in [5, 5.41) is 5.90. The van der Waals surface area contributed by atoms with Crippen LogP contribution in [0.15, 0.2) is 24.3 Å². The van der Waals surface area contributed by atoms with Gasteiger partial charge in [-0.15, -0.1) is 0 Å². The van der Waals surface area contributed by atoms with Gasteiger partial charge in [0.15, 0.2) is 0 Å². The van der Waals surface area contributed by atoms with Crippen molar-refractivity contribution in [1.82, 2.24) is 10.6 Å². The quantitative estimate of drug-likeness (QED) is 0.802. The first kappa shape index (κ1) is 16.3. The van der Waals surface area contributed by atoms with Crippen molar-refractivity contribution < 1.29 is 9.53 Å². The molecule has 0 radical (unpaired) electrons. The van der Waals surface area contributed by atoms with Crippen LogP contribution in [0.4, 0.5) is 4.79 Å². The molecule has 0 spiro atoms. The smallest absolute Gasteiger partial charge is 0.315 e. The van der Waals surface area contributed by atoms with Crippen LogP contribution in [0.2, 0.25) is 0 Å². The molecule has 20 heavy (non-hydrogen) atoms. The number of nitrogens with one attached hydrogen (secondary N) is 2. The Labute approximate surface area is 121 Å². The Bertz CT molecular complexity index is 401. The number of amides is 2. The van der Waals surface area contributed by atoms with Crippen LogP contribution < -0.4 is 15.4 Å². The zero-order valence-electron chi connectivity index (χ0n) is 12.9. The first-order chi connectivity index (χ1) is 9.56. The molecule has 112 valence electrons. The molecule has 1 aromatic carbocycles. The maximum atomic E-state index is 11.8. The number of hydrogen-bond acceptors (Lipinski definition) is 2. The zero-order valence-corrected chi connectivity index (χ0v) is 12.9. The average molecular weight is 278 g/mol. The fourth-order valence-electron chi connectivity index (χ4n) is 2.03. The fraction of sp³-hybridized carbons (Fsp3) is 0.562. The number of benzene rings is 1. The van der Waals surface area contributed by atoms with E-state index in [1.165, 1.54) is 0 Å². The van der Waals surface area contributed by atoms with Gasteiger partial charge in [0.25, 0.3) is 0 Å².